The molecule has 2 aromatic heterocycles. The molecule has 0 aliphatic carbocycles. The third-order valence-electron chi connectivity index (χ3n) is 4.89. The van der Waals surface area contributed by atoms with Crippen molar-refractivity contribution in [2.24, 2.45) is 0 Å². The number of carbonyl (C=O) groups is 1. The Bertz CT molecular complexity index is 1230. The molecule has 8 heteroatoms. The van der Waals surface area contributed by atoms with Gasteiger partial charge in [0.1, 0.15) is 5.75 Å². The van der Waals surface area contributed by atoms with Crippen molar-refractivity contribution in [3.63, 3.8) is 0 Å². The van der Waals surface area contributed by atoms with Crippen LogP contribution in [0.25, 0.3) is 16.9 Å². The van der Waals surface area contributed by atoms with E-state index in [1.807, 2.05) is 57.2 Å². The van der Waals surface area contributed by atoms with E-state index in [1.54, 1.807) is 11.6 Å². The van der Waals surface area contributed by atoms with Gasteiger partial charge in [-0.15, -0.1) is 10.2 Å². The lowest BCUT2D eigenvalue weighted by Crippen LogP contribution is -2.16. The van der Waals surface area contributed by atoms with Crippen molar-refractivity contribution < 1.29 is 9.53 Å². The molecule has 0 aliphatic heterocycles. The van der Waals surface area contributed by atoms with Crippen LogP contribution in [0.4, 0.5) is 5.69 Å². The fraction of sp³-hybridized carbons (Fsp3) is 0.217. The largest absolute Gasteiger partial charge is 0.497 e. The molecule has 0 bridgehead atoms. The summed E-state index contributed by atoms with van der Waals surface area (Å²) in [6, 6.07) is 15.6. The van der Waals surface area contributed by atoms with E-state index >= 15 is 0 Å². The number of hydrogen-bond acceptors (Lipinski definition) is 6. The van der Waals surface area contributed by atoms with Gasteiger partial charge in [0.25, 0.3) is 0 Å². The summed E-state index contributed by atoms with van der Waals surface area (Å²) in [5, 5.41) is 16.6. The maximum atomic E-state index is 12.6. The van der Waals surface area contributed by atoms with Gasteiger partial charge >= 0.3 is 0 Å². The maximum absolute atomic E-state index is 12.6. The zero-order chi connectivity index (χ0) is 22.0. The quantitative estimate of drug-likeness (QED) is 0.452. The smallest absolute Gasteiger partial charge is 0.234 e. The molecule has 0 saturated carbocycles. The van der Waals surface area contributed by atoms with E-state index in [4.69, 9.17) is 4.74 Å². The van der Waals surface area contributed by atoms with E-state index in [0.717, 1.165) is 33.8 Å². The second-order valence-corrected chi connectivity index (χ2v) is 8.25. The third kappa shape index (κ3) is 4.54. The Morgan fingerprint density at radius 3 is 2.42 bits per heavy atom. The zero-order valence-electron chi connectivity index (χ0n) is 17.8. The summed E-state index contributed by atoms with van der Waals surface area (Å²) in [6.45, 7) is 6.05. The van der Waals surface area contributed by atoms with Gasteiger partial charge in [-0.2, -0.15) is 9.61 Å². The van der Waals surface area contributed by atoms with Crippen LogP contribution in [0.2, 0.25) is 0 Å². The van der Waals surface area contributed by atoms with Crippen molar-refractivity contribution in [2.75, 3.05) is 18.2 Å². The lowest BCUT2D eigenvalue weighted by Gasteiger charge is -2.12. The van der Waals surface area contributed by atoms with Gasteiger partial charge in [-0.1, -0.05) is 29.5 Å². The molecule has 0 saturated heterocycles. The van der Waals surface area contributed by atoms with Crippen molar-refractivity contribution >= 4 is 29.0 Å². The van der Waals surface area contributed by atoms with Crippen LogP contribution in [0.1, 0.15) is 16.7 Å². The van der Waals surface area contributed by atoms with Crippen LogP contribution in [0.3, 0.4) is 0 Å². The number of methoxy groups -OCH3 is 1. The maximum Gasteiger partial charge on any atom is 0.234 e. The molecule has 0 atom stereocenters. The van der Waals surface area contributed by atoms with Gasteiger partial charge in [-0.3, -0.25) is 4.79 Å². The number of rotatable bonds is 6. The second kappa shape index (κ2) is 8.77. The topological polar surface area (TPSA) is 81.4 Å². The molecule has 0 fully saturated rings. The van der Waals surface area contributed by atoms with Crippen LogP contribution in [0.5, 0.6) is 5.75 Å². The van der Waals surface area contributed by atoms with Crippen LogP contribution in [0, 0.1) is 20.8 Å². The summed E-state index contributed by atoms with van der Waals surface area (Å²) in [5.74, 6) is 0.903. The number of benzene rings is 2. The van der Waals surface area contributed by atoms with Crippen molar-refractivity contribution in [1.82, 2.24) is 19.8 Å². The Kier molecular flexibility index (Phi) is 5.90. The molecule has 158 valence electrons. The predicted octanol–water partition coefficient (Wildman–Crippen LogP) is 4.46. The average Bonchev–Trinajstić information content (AvgIpc) is 3.17. The van der Waals surface area contributed by atoms with E-state index in [2.05, 4.69) is 32.7 Å². The van der Waals surface area contributed by atoms with Crippen LogP contribution in [0.15, 0.2) is 53.7 Å². The molecule has 0 spiro atoms. The first-order valence-corrected chi connectivity index (χ1v) is 10.8. The summed E-state index contributed by atoms with van der Waals surface area (Å²) >= 11 is 1.30. The van der Waals surface area contributed by atoms with Gasteiger partial charge in [0.05, 0.1) is 18.6 Å². The number of hydrogen-bond donors (Lipinski definition) is 1. The zero-order valence-corrected chi connectivity index (χ0v) is 18.7. The molecule has 0 aliphatic rings. The van der Waals surface area contributed by atoms with Gasteiger partial charge in [0.2, 0.25) is 11.1 Å². The molecule has 31 heavy (non-hydrogen) atoms. The van der Waals surface area contributed by atoms with E-state index in [-0.39, 0.29) is 11.7 Å². The van der Waals surface area contributed by atoms with Gasteiger partial charge in [-0.05, 0) is 68.3 Å². The minimum absolute atomic E-state index is 0.0943. The van der Waals surface area contributed by atoms with Gasteiger partial charge in [-0.25, -0.2) is 0 Å². The Hall–Kier alpha value is -3.39. The number of nitrogens with one attached hydrogen (secondary N) is 1. The highest BCUT2D eigenvalue weighted by atomic mass is 32.2. The molecule has 2 heterocycles. The van der Waals surface area contributed by atoms with Crippen LogP contribution < -0.4 is 10.1 Å². The summed E-state index contributed by atoms with van der Waals surface area (Å²) in [6.07, 6.45) is 0. The Morgan fingerprint density at radius 1 is 1.03 bits per heavy atom. The number of thioether (sulfide) groups is 1. The van der Waals surface area contributed by atoms with Crippen LogP contribution in [-0.2, 0) is 4.79 Å². The lowest BCUT2D eigenvalue weighted by atomic mass is 10.1. The van der Waals surface area contributed by atoms with Crippen molar-refractivity contribution in [1.29, 1.82) is 0 Å². The number of ether oxygens (including phenoxy) is 1. The minimum atomic E-state index is -0.0943. The number of anilines is 1. The molecule has 7 nitrogen and oxygen atoms in total. The van der Waals surface area contributed by atoms with Gasteiger partial charge in [0, 0.05) is 11.3 Å². The molecule has 0 unspecified atom stereocenters. The molecule has 1 N–H and O–H groups in total. The normalized spacial score (nSPS) is 11.0. The van der Waals surface area contributed by atoms with Crippen LogP contribution in [-0.4, -0.2) is 38.6 Å². The number of fused-ring (bicyclic) bond motifs is 1. The van der Waals surface area contributed by atoms with Crippen molar-refractivity contribution in [2.45, 2.75) is 25.9 Å². The molecular formula is C23H23N5O2S. The number of aromatic nitrogens is 4. The first-order chi connectivity index (χ1) is 14.9. The van der Waals surface area contributed by atoms with E-state index in [0.29, 0.717) is 10.8 Å². The number of nitrogens with zero attached hydrogens (tertiary/aromatic N) is 4. The first-order valence-electron chi connectivity index (χ1n) is 9.82. The molecule has 4 aromatic rings. The molecular weight excluding hydrogens is 410 g/mol. The van der Waals surface area contributed by atoms with Crippen molar-refractivity contribution in [3.8, 4) is 17.0 Å². The minimum Gasteiger partial charge on any atom is -0.497 e. The van der Waals surface area contributed by atoms with Crippen molar-refractivity contribution in [3.05, 3.63) is 65.2 Å². The summed E-state index contributed by atoms with van der Waals surface area (Å²) < 4.78 is 6.88. The fourth-order valence-corrected chi connectivity index (χ4v) is 4.15. The standard InChI is InChI=1S/C23H23N5O2S/c1-14-11-15(2)22(16(3)12-14)24-21(29)13-31-23-26-25-20-10-9-19(27-28(20)23)17-5-7-18(30-4)8-6-17/h5-12H,13H2,1-4H3,(H,24,29). The summed E-state index contributed by atoms with van der Waals surface area (Å²) in [4.78, 5) is 12.6. The predicted molar refractivity (Wildman–Crippen MR) is 123 cm³/mol. The van der Waals surface area contributed by atoms with Crippen LogP contribution >= 0.6 is 11.8 Å². The Morgan fingerprint density at radius 2 is 1.74 bits per heavy atom. The molecule has 0 radical (unpaired) electrons. The highest BCUT2D eigenvalue weighted by Gasteiger charge is 2.13. The average molecular weight is 434 g/mol. The highest BCUT2D eigenvalue weighted by Crippen LogP contribution is 2.24. The monoisotopic (exact) mass is 433 g/mol. The second-order valence-electron chi connectivity index (χ2n) is 7.31. The fourth-order valence-electron chi connectivity index (χ4n) is 3.46. The highest BCUT2D eigenvalue weighted by molar-refractivity contribution is 7.99. The van der Waals surface area contributed by atoms with Gasteiger partial charge < -0.3 is 10.1 Å². The molecule has 1 amide bonds. The van der Waals surface area contributed by atoms with E-state index in [1.165, 1.54) is 17.3 Å². The Labute approximate surface area is 184 Å². The number of carbonyl (C=O) groups excluding carboxylic acids is 1. The third-order valence-corrected chi connectivity index (χ3v) is 5.81. The summed E-state index contributed by atoms with van der Waals surface area (Å²) in [5.41, 5.74) is 6.51. The Balaban J connectivity index is 1.50. The van der Waals surface area contributed by atoms with Gasteiger partial charge in [0.15, 0.2) is 5.65 Å². The molecule has 2 aromatic carbocycles. The molecule has 4 rings (SSSR count). The van der Waals surface area contributed by atoms with E-state index < -0.39 is 0 Å². The number of amides is 1. The first kappa shape index (κ1) is 20.9. The number of aryl methyl sites for hydroxylation is 3. The summed E-state index contributed by atoms with van der Waals surface area (Å²) in [7, 11) is 1.64. The lowest BCUT2D eigenvalue weighted by molar-refractivity contribution is -0.113. The van der Waals surface area contributed by atoms with E-state index in [9.17, 15) is 4.79 Å². The SMILES string of the molecule is COc1ccc(-c2ccc3nnc(SCC(=O)Nc4c(C)cc(C)cc4C)n3n2)cc1.